The van der Waals surface area contributed by atoms with E-state index in [9.17, 15) is 4.79 Å². The molecule has 1 aromatic carbocycles. The molecule has 0 heterocycles. The summed E-state index contributed by atoms with van der Waals surface area (Å²) in [4.78, 5) is 11.1. The van der Waals surface area contributed by atoms with E-state index < -0.39 is 0 Å². The van der Waals surface area contributed by atoms with Crippen LogP contribution in [0.3, 0.4) is 0 Å². The van der Waals surface area contributed by atoms with Crippen molar-refractivity contribution >= 4 is 17.6 Å². The van der Waals surface area contributed by atoms with Crippen LogP contribution in [0.15, 0.2) is 24.3 Å². The summed E-state index contributed by atoms with van der Waals surface area (Å²) < 4.78 is 4.65. The van der Waals surface area contributed by atoms with E-state index in [4.69, 9.17) is 11.6 Å². The van der Waals surface area contributed by atoms with Gasteiger partial charge in [0, 0.05) is 11.6 Å². The molecule has 0 aliphatic heterocycles. The maximum atomic E-state index is 11.1. The first kappa shape index (κ1) is 14.0. The lowest BCUT2D eigenvalue weighted by Gasteiger charge is -2.10. The second-order valence-electron chi connectivity index (χ2n) is 4.00. The second kappa shape index (κ2) is 7.30. The van der Waals surface area contributed by atoms with Crippen LogP contribution in [0.2, 0.25) is 5.02 Å². The highest BCUT2D eigenvalue weighted by atomic mass is 35.5. The number of methoxy groups -OCH3 is 1. The predicted octanol–water partition coefficient (Wildman–Crippen LogP) is 2.28. The molecule has 1 N–H and O–H groups in total. The molecule has 1 atom stereocenters. The summed E-state index contributed by atoms with van der Waals surface area (Å²) in [5, 5.41) is 3.98. The monoisotopic (exact) mass is 255 g/mol. The van der Waals surface area contributed by atoms with Crippen molar-refractivity contribution in [3.8, 4) is 0 Å². The number of hydrogen-bond acceptors (Lipinski definition) is 3. The molecule has 0 saturated heterocycles. The average Bonchev–Trinajstić information content (AvgIpc) is 2.35. The van der Waals surface area contributed by atoms with Gasteiger partial charge < -0.3 is 10.1 Å². The first-order valence-electron chi connectivity index (χ1n) is 5.66. The Hall–Kier alpha value is -1.06. The standard InChI is InChI=1S/C13H18ClNO2/c1-10(13(16)17-2)9-15-8-7-11-3-5-12(14)6-4-11/h3-6,10,15H,7-9H2,1-2H3. The van der Waals surface area contributed by atoms with Crippen molar-refractivity contribution < 1.29 is 9.53 Å². The first-order valence-corrected chi connectivity index (χ1v) is 6.04. The van der Waals surface area contributed by atoms with Gasteiger partial charge in [0.15, 0.2) is 0 Å². The fourth-order valence-electron chi connectivity index (χ4n) is 1.49. The number of benzene rings is 1. The van der Waals surface area contributed by atoms with Crippen LogP contribution in [-0.4, -0.2) is 26.2 Å². The van der Waals surface area contributed by atoms with E-state index in [0.717, 1.165) is 18.0 Å². The third kappa shape index (κ3) is 5.20. The number of nitrogens with one attached hydrogen (secondary N) is 1. The Balaban J connectivity index is 2.20. The molecule has 17 heavy (non-hydrogen) atoms. The second-order valence-corrected chi connectivity index (χ2v) is 4.44. The molecule has 0 aliphatic carbocycles. The summed E-state index contributed by atoms with van der Waals surface area (Å²) in [7, 11) is 1.41. The zero-order valence-electron chi connectivity index (χ0n) is 10.2. The summed E-state index contributed by atoms with van der Waals surface area (Å²) in [6.45, 7) is 3.32. The molecule has 1 unspecified atom stereocenters. The van der Waals surface area contributed by atoms with E-state index in [2.05, 4.69) is 10.1 Å². The molecule has 1 aromatic rings. The number of ether oxygens (including phenoxy) is 1. The predicted molar refractivity (Wildman–Crippen MR) is 69.2 cm³/mol. The lowest BCUT2D eigenvalue weighted by atomic mass is 10.1. The van der Waals surface area contributed by atoms with Gasteiger partial charge in [-0.15, -0.1) is 0 Å². The summed E-state index contributed by atoms with van der Waals surface area (Å²) in [5.74, 6) is -0.283. The zero-order chi connectivity index (χ0) is 12.7. The lowest BCUT2D eigenvalue weighted by Crippen LogP contribution is -2.28. The fourth-order valence-corrected chi connectivity index (χ4v) is 1.61. The lowest BCUT2D eigenvalue weighted by molar-refractivity contribution is -0.144. The minimum absolute atomic E-state index is 0.106. The van der Waals surface area contributed by atoms with Crippen LogP contribution in [0.1, 0.15) is 12.5 Å². The molecular formula is C13H18ClNO2. The molecular weight excluding hydrogens is 238 g/mol. The Morgan fingerprint density at radius 2 is 2.06 bits per heavy atom. The number of carbonyl (C=O) groups is 1. The molecule has 0 bridgehead atoms. The topological polar surface area (TPSA) is 38.3 Å². The minimum atomic E-state index is -0.177. The van der Waals surface area contributed by atoms with E-state index in [1.807, 2.05) is 31.2 Å². The van der Waals surface area contributed by atoms with Gasteiger partial charge in [-0.2, -0.15) is 0 Å². The largest absolute Gasteiger partial charge is 0.469 e. The molecule has 0 amide bonds. The van der Waals surface area contributed by atoms with Crippen LogP contribution in [0.4, 0.5) is 0 Å². The van der Waals surface area contributed by atoms with E-state index in [0.29, 0.717) is 6.54 Å². The molecule has 0 aliphatic rings. The first-order chi connectivity index (χ1) is 8.13. The molecule has 1 rings (SSSR count). The molecule has 94 valence electrons. The van der Waals surface area contributed by atoms with Crippen molar-refractivity contribution in [3.63, 3.8) is 0 Å². The number of hydrogen-bond donors (Lipinski definition) is 1. The number of esters is 1. The smallest absolute Gasteiger partial charge is 0.309 e. The average molecular weight is 256 g/mol. The van der Waals surface area contributed by atoms with E-state index in [-0.39, 0.29) is 11.9 Å². The fraction of sp³-hybridized carbons (Fsp3) is 0.462. The van der Waals surface area contributed by atoms with E-state index in [1.54, 1.807) is 0 Å². The maximum Gasteiger partial charge on any atom is 0.309 e. The molecule has 3 nitrogen and oxygen atoms in total. The Kier molecular flexibility index (Phi) is 6.01. The molecule has 0 saturated carbocycles. The summed E-state index contributed by atoms with van der Waals surface area (Å²) in [6.07, 6.45) is 0.922. The van der Waals surface area contributed by atoms with Crippen LogP contribution in [0.5, 0.6) is 0 Å². The van der Waals surface area contributed by atoms with E-state index >= 15 is 0 Å². The maximum absolute atomic E-state index is 11.1. The van der Waals surface area contributed by atoms with Crippen molar-refractivity contribution in [1.29, 1.82) is 0 Å². The van der Waals surface area contributed by atoms with Gasteiger partial charge in [-0.3, -0.25) is 4.79 Å². The van der Waals surface area contributed by atoms with Gasteiger partial charge in [0.2, 0.25) is 0 Å². The molecule has 4 heteroatoms. The van der Waals surface area contributed by atoms with Crippen LogP contribution in [0.25, 0.3) is 0 Å². The highest BCUT2D eigenvalue weighted by Gasteiger charge is 2.11. The van der Waals surface area contributed by atoms with Crippen LogP contribution in [-0.2, 0) is 16.0 Å². The molecule has 0 radical (unpaired) electrons. The number of halogens is 1. The van der Waals surface area contributed by atoms with Crippen molar-refractivity contribution in [2.75, 3.05) is 20.2 Å². The van der Waals surface area contributed by atoms with Crippen LogP contribution in [0, 0.1) is 5.92 Å². The van der Waals surface area contributed by atoms with Crippen molar-refractivity contribution in [2.45, 2.75) is 13.3 Å². The third-order valence-electron chi connectivity index (χ3n) is 2.56. The van der Waals surface area contributed by atoms with Gasteiger partial charge in [-0.05, 0) is 30.7 Å². The van der Waals surface area contributed by atoms with Crippen molar-refractivity contribution in [1.82, 2.24) is 5.32 Å². The zero-order valence-corrected chi connectivity index (χ0v) is 11.0. The highest BCUT2D eigenvalue weighted by molar-refractivity contribution is 6.30. The quantitative estimate of drug-likeness (QED) is 0.626. The summed E-state index contributed by atoms with van der Waals surface area (Å²) >= 11 is 5.80. The van der Waals surface area contributed by atoms with Gasteiger partial charge >= 0.3 is 5.97 Å². The van der Waals surface area contributed by atoms with Gasteiger partial charge in [0.05, 0.1) is 13.0 Å². The Labute approximate surface area is 107 Å². The molecule has 0 fully saturated rings. The number of carbonyl (C=O) groups excluding carboxylic acids is 1. The van der Waals surface area contributed by atoms with Crippen LogP contribution < -0.4 is 5.32 Å². The van der Waals surface area contributed by atoms with E-state index in [1.165, 1.54) is 12.7 Å². The molecule has 0 aromatic heterocycles. The van der Waals surface area contributed by atoms with Crippen molar-refractivity contribution in [3.05, 3.63) is 34.9 Å². The minimum Gasteiger partial charge on any atom is -0.469 e. The highest BCUT2D eigenvalue weighted by Crippen LogP contribution is 2.09. The van der Waals surface area contributed by atoms with Gasteiger partial charge in [0.25, 0.3) is 0 Å². The van der Waals surface area contributed by atoms with Crippen molar-refractivity contribution in [2.24, 2.45) is 5.92 Å². The normalized spacial score (nSPS) is 12.2. The SMILES string of the molecule is COC(=O)C(C)CNCCc1ccc(Cl)cc1. The molecule has 0 spiro atoms. The summed E-state index contributed by atoms with van der Waals surface area (Å²) in [5.41, 5.74) is 1.23. The van der Waals surface area contributed by atoms with Crippen LogP contribution >= 0.6 is 11.6 Å². The summed E-state index contributed by atoms with van der Waals surface area (Å²) in [6, 6.07) is 7.78. The van der Waals surface area contributed by atoms with Gasteiger partial charge in [-0.25, -0.2) is 0 Å². The van der Waals surface area contributed by atoms with Gasteiger partial charge in [-0.1, -0.05) is 30.7 Å². The number of rotatable bonds is 6. The van der Waals surface area contributed by atoms with Gasteiger partial charge in [0.1, 0.15) is 0 Å². The Bertz CT molecular complexity index is 351. The Morgan fingerprint density at radius 1 is 1.41 bits per heavy atom. The third-order valence-corrected chi connectivity index (χ3v) is 2.81. The Morgan fingerprint density at radius 3 is 2.65 bits per heavy atom.